The third-order valence-corrected chi connectivity index (χ3v) is 7.71. The first-order chi connectivity index (χ1) is 8.28. The fourth-order valence-corrected chi connectivity index (χ4v) is 5.70. The van der Waals surface area contributed by atoms with Gasteiger partial charge < -0.3 is 5.11 Å². The maximum Gasteiger partial charge on any atom is 0.0558 e. The minimum atomic E-state index is 0.256. The predicted molar refractivity (Wildman–Crippen MR) is 98.5 cm³/mol. The van der Waals surface area contributed by atoms with Crippen molar-refractivity contribution in [3.63, 3.8) is 0 Å². The first-order valence-corrected chi connectivity index (χ1v) is 10.7. The van der Waals surface area contributed by atoms with Gasteiger partial charge in [0.05, 0.1) is 6.61 Å². The largest absolute Gasteiger partial charge is 0.395 e. The van der Waals surface area contributed by atoms with Crippen LogP contribution >= 0.6 is 73.2 Å². The van der Waals surface area contributed by atoms with Gasteiger partial charge in [0, 0.05) is 39.3 Å². The molecule has 0 radical (unpaired) electrons. The molecule has 104 valence electrons. The number of aliphatic hydroxyl groups excluding tert-OH is 1. The molecule has 0 saturated heterocycles. The Morgan fingerprint density at radius 2 is 1.41 bits per heavy atom. The third kappa shape index (κ3) is 11.6. The summed E-state index contributed by atoms with van der Waals surface area (Å²) in [5, 5.41) is 10.2. The molecule has 0 spiro atoms. The number of rotatable bonds is 12. The summed E-state index contributed by atoms with van der Waals surface area (Å²) in [6, 6.07) is 0. The zero-order valence-corrected chi connectivity index (χ0v) is 15.0. The van der Waals surface area contributed by atoms with Gasteiger partial charge in [-0.1, -0.05) is 0 Å². The highest BCUT2D eigenvalue weighted by Crippen LogP contribution is 2.25. The average molecular weight is 351 g/mol. The van der Waals surface area contributed by atoms with Crippen LogP contribution in [0.15, 0.2) is 0 Å². The molecule has 17 heavy (non-hydrogen) atoms. The minimum absolute atomic E-state index is 0.256. The molecule has 1 nitrogen and oxygen atoms in total. The van der Waals surface area contributed by atoms with Crippen molar-refractivity contribution < 1.29 is 5.11 Å². The van der Waals surface area contributed by atoms with Crippen molar-refractivity contribution in [1.82, 2.24) is 0 Å². The van der Waals surface area contributed by atoms with Gasteiger partial charge in [-0.2, -0.15) is 73.2 Å². The van der Waals surface area contributed by atoms with E-state index < -0.39 is 0 Å². The quantitative estimate of drug-likeness (QED) is 0.320. The molecule has 0 rings (SSSR count). The van der Waals surface area contributed by atoms with E-state index >= 15 is 0 Å². The van der Waals surface area contributed by atoms with Gasteiger partial charge in [-0.3, -0.25) is 0 Å². The number of hydrogen-bond acceptors (Lipinski definition) is 7. The average Bonchev–Trinajstić information content (AvgIpc) is 2.36. The van der Waals surface area contributed by atoms with Gasteiger partial charge in [0.15, 0.2) is 0 Å². The molecule has 1 N–H and O–H groups in total. The number of thioether (sulfide) groups is 3. The number of hydrogen-bond donors (Lipinski definition) is 4. The maximum atomic E-state index is 9.34. The summed E-state index contributed by atoms with van der Waals surface area (Å²) in [7, 11) is 0. The monoisotopic (exact) mass is 350 g/mol. The fraction of sp³-hybridized carbons (Fsp3) is 1.00. The van der Waals surface area contributed by atoms with E-state index in [1.165, 1.54) is 0 Å². The molecular weight excluding hydrogens is 329 g/mol. The van der Waals surface area contributed by atoms with Gasteiger partial charge in [-0.15, -0.1) is 0 Å². The van der Waals surface area contributed by atoms with Gasteiger partial charge in [-0.05, 0) is 11.5 Å². The molecule has 0 aromatic rings. The number of aliphatic hydroxyl groups is 1. The van der Waals surface area contributed by atoms with E-state index in [0.717, 1.165) is 40.3 Å². The molecule has 0 aromatic heterocycles. The lowest BCUT2D eigenvalue weighted by atomic mass is 10.5. The SMILES string of the molecule is OCC(CSCCS)SC(CS)CSCCS. The molecule has 0 aliphatic carbocycles. The molecule has 7 heteroatoms. The molecule has 2 atom stereocenters. The lowest BCUT2D eigenvalue weighted by Gasteiger charge is -2.20. The van der Waals surface area contributed by atoms with E-state index in [1.807, 2.05) is 35.3 Å². The van der Waals surface area contributed by atoms with Gasteiger partial charge in [0.1, 0.15) is 0 Å². The molecule has 0 aliphatic heterocycles. The first-order valence-electron chi connectivity index (χ1n) is 5.52. The Balaban J connectivity index is 3.77. The summed E-state index contributed by atoms with van der Waals surface area (Å²) < 4.78 is 0. The molecule has 2 unspecified atom stereocenters. The van der Waals surface area contributed by atoms with Crippen molar-refractivity contribution in [2.45, 2.75) is 10.5 Å². The summed E-state index contributed by atoms with van der Waals surface area (Å²) in [4.78, 5) is 0. The summed E-state index contributed by atoms with van der Waals surface area (Å²) >= 11 is 18.4. The Morgan fingerprint density at radius 3 is 1.82 bits per heavy atom. The second-order valence-corrected chi connectivity index (χ2v) is 8.51. The lowest BCUT2D eigenvalue weighted by Crippen LogP contribution is -2.20. The van der Waals surface area contributed by atoms with Crippen LogP contribution in [0, 0.1) is 0 Å². The van der Waals surface area contributed by atoms with Crippen molar-refractivity contribution in [2.75, 3.05) is 46.9 Å². The van der Waals surface area contributed by atoms with Crippen LogP contribution in [0.5, 0.6) is 0 Å². The van der Waals surface area contributed by atoms with Crippen LogP contribution in [0.3, 0.4) is 0 Å². The van der Waals surface area contributed by atoms with Gasteiger partial charge in [0.25, 0.3) is 0 Å². The normalized spacial score (nSPS) is 14.8. The molecule has 0 aliphatic rings. The van der Waals surface area contributed by atoms with Crippen molar-refractivity contribution in [1.29, 1.82) is 0 Å². The highest BCUT2D eigenvalue weighted by molar-refractivity contribution is 8.06. The molecule has 0 aromatic carbocycles. The van der Waals surface area contributed by atoms with Crippen LogP contribution in [0.1, 0.15) is 0 Å². The second-order valence-electron chi connectivity index (χ2n) is 3.34. The van der Waals surface area contributed by atoms with E-state index in [2.05, 4.69) is 37.9 Å². The highest BCUT2D eigenvalue weighted by Gasteiger charge is 2.15. The minimum Gasteiger partial charge on any atom is -0.395 e. The Morgan fingerprint density at radius 1 is 0.882 bits per heavy atom. The number of thiol groups is 3. The van der Waals surface area contributed by atoms with Crippen molar-refractivity contribution in [2.24, 2.45) is 0 Å². The van der Waals surface area contributed by atoms with Crippen LogP contribution in [-0.4, -0.2) is 62.5 Å². The highest BCUT2D eigenvalue weighted by atomic mass is 32.2. The van der Waals surface area contributed by atoms with Crippen LogP contribution in [0.2, 0.25) is 0 Å². The summed E-state index contributed by atoms with van der Waals surface area (Å²) in [6.45, 7) is 0.256. The molecule has 0 heterocycles. The zero-order chi connectivity index (χ0) is 12.9. The van der Waals surface area contributed by atoms with Crippen LogP contribution < -0.4 is 0 Å². The van der Waals surface area contributed by atoms with Crippen LogP contribution in [0.4, 0.5) is 0 Å². The predicted octanol–water partition coefficient (Wildman–Crippen LogP) is 2.70. The van der Waals surface area contributed by atoms with E-state index in [9.17, 15) is 5.11 Å². The third-order valence-electron chi connectivity index (χ3n) is 1.87. The summed E-state index contributed by atoms with van der Waals surface area (Å²) in [5.74, 6) is 6.95. The summed E-state index contributed by atoms with van der Waals surface area (Å²) in [6.07, 6.45) is 0. The van der Waals surface area contributed by atoms with Crippen molar-refractivity contribution in [3.05, 3.63) is 0 Å². The Bertz CT molecular complexity index is 144. The summed E-state index contributed by atoms with van der Waals surface area (Å²) in [5.41, 5.74) is 0. The standard InChI is InChI=1S/C10H22OS6/c11-5-9(7-15-3-1-12)17-10(6-14)8-16-4-2-13/h9-14H,1-8H2. The first kappa shape index (κ1) is 19.1. The van der Waals surface area contributed by atoms with Crippen LogP contribution in [-0.2, 0) is 0 Å². The van der Waals surface area contributed by atoms with Crippen molar-refractivity contribution >= 4 is 73.2 Å². The van der Waals surface area contributed by atoms with Gasteiger partial charge in [-0.25, -0.2) is 0 Å². The molecular formula is C10H22OS6. The molecule has 0 amide bonds. The Kier molecular flexibility index (Phi) is 16.2. The van der Waals surface area contributed by atoms with Gasteiger partial charge >= 0.3 is 0 Å². The second kappa shape index (κ2) is 14.5. The Hall–Kier alpha value is 2.06. The maximum absolute atomic E-state index is 9.34. The van der Waals surface area contributed by atoms with Crippen LogP contribution in [0.25, 0.3) is 0 Å². The smallest absolute Gasteiger partial charge is 0.0558 e. The fourth-order valence-electron chi connectivity index (χ4n) is 1.10. The lowest BCUT2D eigenvalue weighted by molar-refractivity contribution is 0.301. The van der Waals surface area contributed by atoms with Crippen molar-refractivity contribution in [3.8, 4) is 0 Å². The van der Waals surface area contributed by atoms with E-state index in [4.69, 9.17) is 0 Å². The van der Waals surface area contributed by atoms with E-state index in [1.54, 1.807) is 0 Å². The van der Waals surface area contributed by atoms with Gasteiger partial charge in [0.2, 0.25) is 0 Å². The molecule has 0 fully saturated rings. The topological polar surface area (TPSA) is 20.2 Å². The van der Waals surface area contributed by atoms with E-state index in [-0.39, 0.29) is 6.61 Å². The molecule has 0 saturated carbocycles. The zero-order valence-electron chi connectivity index (χ0n) is 9.83. The molecule has 0 bridgehead atoms. The van der Waals surface area contributed by atoms with E-state index in [0.29, 0.717) is 10.5 Å². The Labute approximate surface area is 135 Å².